The molecule has 10 heteroatoms. The lowest BCUT2D eigenvalue weighted by Gasteiger charge is -2.26. The zero-order chi connectivity index (χ0) is 24.0. The number of nitrogens with zero attached hydrogens (tertiary/aromatic N) is 1. The summed E-state index contributed by atoms with van der Waals surface area (Å²) >= 11 is 1.44. The summed E-state index contributed by atoms with van der Waals surface area (Å²) in [6.07, 6.45) is 4.88. The van der Waals surface area contributed by atoms with Gasteiger partial charge in [-0.25, -0.2) is 4.79 Å². The maximum absolute atomic E-state index is 12.7. The van der Waals surface area contributed by atoms with E-state index >= 15 is 0 Å². The third-order valence-electron chi connectivity index (χ3n) is 5.42. The Labute approximate surface area is 210 Å². The Balaban J connectivity index is 0.00000408. The summed E-state index contributed by atoms with van der Waals surface area (Å²) in [4.78, 5) is 28.7. The first kappa shape index (κ1) is 27.5. The van der Waals surface area contributed by atoms with Crippen molar-refractivity contribution in [3.05, 3.63) is 39.8 Å². The molecule has 8 nitrogen and oxygen atoms in total. The number of halogens is 1. The minimum absolute atomic E-state index is 0. The second kappa shape index (κ2) is 12.6. The Morgan fingerprint density at radius 1 is 1.12 bits per heavy atom. The van der Waals surface area contributed by atoms with Gasteiger partial charge < -0.3 is 24.3 Å². The van der Waals surface area contributed by atoms with Crippen LogP contribution in [0.25, 0.3) is 6.08 Å². The third kappa shape index (κ3) is 6.02. The van der Waals surface area contributed by atoms with Gasteiger partial charge in [-0.2, -0.15) is 0 Å². The Morgan fingerprint density at radius 2 is 1.79 bits per heavy atom. The van der Waals surface area contributed by atoms with Gasteiger partial charge in [0.25, 0.3) is 0 Å². The van der Waals surface area contributed by atoms with Crippen LogP contribution >= 0.6 is 23.7 Å². The molecule has 0 fully saturated rings. The van der Waals surface area contributed by atoms with Gasteiger partial charge in [0, 0.05) is 24.0 Å². The number of hydrogen-bond acceptors (Lipinski definition) is 8. The third-order valence-corrected chi connectivity index (χ3v) is 6.55. The summed E-state index contributed by atoms with van der Waals surface area (Å²) in [7, 11) is 5.96. The molecule has 0 unspecified atom stereocenters. The number of carbonyl (C=O) groups is 2. The number of anilines is 1. The number of thiophene rings is 1. The second-order valence-electron chi connectivity index (χ2n) is 7.51. The molecule has 186 valence electrons. The van der Waals surface area contributed by atoms with Gasteiger partial charge in [0.15, 0.2) is 11.5 Å². The largest absolute Gasteiger partial charge is 0.493 e. The van der Waals surface area contributed by atoms with Crippen molar-refractivity contribution >= 4 is 46.7 Å². The van der Waals surface area contributed by atoms with Gasteiger partial charge in [-0.05, 0) is 48.7 Å². The highest BCUT2D eigenvalue weighted by Crippen LogP contribution is 2.39. The zero-order valence-corrected chi connectivity index (χ0v) is 21.7. The van der Waals surface area contributed by atoms with E-state index < -0.39 is 5.97 Å². The van der Waals surface area contributed by atoms with E-state index in [1.165, 1.54) is 45.9 Å². The molecule has 3 rings (SSSR count). The summed E-state index contributed by atoms with van der Waals surface area (Å²) in [5.41, 5.74) is 2.14. The molecular formula is C24H31ClN2O6S. The molecule has 1 N–H and O–H groups in total. The van der Waals surface area contributed by atoms with Gasteiger partial charge in [-0.15, -0.1) is 23.7 Å². The van der Waals surface area contributed by atoms with E-state index in [2.05, 4.69) is 17.1 Å². The Morgan fingerprint density at radius 3 is 2.35 bits per heavy atom. The van der Waals surface area contributed by atoms with Crippen LogP contribution in [0, 0.1) is 0 Å². The summed E-state index contributed by atoms with van der Waals surface area (Å²) in [5.74, 6) is 0.684. The fraction of sp³-hybridized carbons (Fsp3) is 0.417. The molecule has 1 aromatic carbocycles. The fourth-order valence-corrected chi connectivity index (χ4v) is 5.17. The quantitative estimate of drug-likeness (QED) is 0.395. The molecule has 1 aliphatic rings. The summed E-state index contributed by atoms with van der Waals surface area (Å²) in [6, 6.07) is 3.49. The number of hydrogen-bond donors (Lipinski definition) is 1. The number of esters is 1. The molecule has 0 saturated heterocycles. The molecular weight excluding hydrogens is 480 g/mol. The van der Waals surface area contributed by atoms with Crippen LogP contribution in [0.4, 0.5) is 5.00 Å². The first-order valence-corrected chi connectivity index (χ1v) is 11.5. The average molecular weight is 511 g/mol. The zero-order valence-electron chi connectivity index (χ0n) is 20.1. The van der Waals surface area contributed by atoms with Gasteiger partial charge in [0.05, 0.1) is 34.0 Å². The first-order valence-electron chi connectivity index (χ1n) is 10.7. The van der Waals surface area contributed by atoms with E-state index in [4.69, 9.17) is 18.9 Å². The predicted molar refractivity (Wildman–Crippen MR) is 136 cm³/mol. The molecule has 0 spiro atoms. The van der Waals surface area contributed by atoms with E-state index in [-0.39, 0.29) is 18.3 Å². The summed E-state index contributed by atoms with van der Waals surface area (Å²) in [6.45, 7) is 4.81. The molecule has 1 amide bonds. The lowest BCUT2D eigenvalue weighted by atomic mass is 10.0. The van der Waals surface area contributed by atoms with Crippen molar-refractivity contribution in [3.63, 3.8) is 0 Å². The minimum Gasteiger partial charge on any atom is -0.493 e. The topological polar surface area (TPSA) is 86.3 Å². The maximum Gasteiger partial charge on any atom is 0.341 e. The van der Waals surface area contributed by atoms with Crippen LogP contribution < -0.4 is 19.5 Å². The molecule has 1 aliphatic heterocycles. The minimum atomic E-state index is -0.430. The Hall–Kier alpha value is -2.75. The number of amides is 1. The number of benzene rings is 1. The van der Waals surface area contributed by atoms with Crippen LogP contribution in [0.1, 0.15) is 39.7 Å². The number of rotatable bonds is 9. The standard InChI is InChI=1S/C24H30N2O6S.ClH/c1-6-10-26-11-9-16-19(14-26)33-23(21(16)24(28)32-5)25-20(27)8-7-15-12-17(29-2)22(31-4)18(13-15)30-3;/h7-8,12-13H,6,9-11,14H2,1-5H3,(H,25,27);1H/b8-7+;. The van der Waals surface area contributed by atoms with E-state index in [1.54, 1.807) is 18.2 Å². The van der Waals surface area contributed by atoms with Crippen LogP contribution in [0.5, 0.6) is 17.2 Å². The van der Waals surface area contributed by atoms with Crippen LogP contribution in [-0.2, 0) is 22.5 Å². The Bertz CT molecular complexity index is 1030. The first-order chi connectivity index (χ1) is 15.9. The highest BCUT2D eigenvalue weighted by atomic mass is 35.5. The SMILES string of the molecule is CCCN1CCc2c(sc(NC(=O)/C=C/c3cc(OC)c(OC)c(OC)c3)c2C(=O)OC)C1.Cl. The van der Waals surface area contributed by atoms with Crippen molar-refractivity contribution in [3.8, 4) is 17.2 Å². The van der Waals surface area contributed by atoms with Crippen LogP contribution in [0.3, 0.4) is 0 Å². The van der Waals surface area contributed by atoms with E-state index in [9.17, 15) is 9.59 Å². The van der Waals surface area contributed by atoms with Crippen LogP contribution in [-0.4, -0.2) is 58.3 Å². The van der Waals surface area contributed by atoms with Crippen molar-refractivity contribution in [2.75, 3.05) is 46.8 Å². The van der Waals surface area contributed by atoms with E-state index in [0.29, 0.717) is 33.4 Å². The van der Waals surface area contributed by atoms with Crippen molar-refractivity contribution in [2.24, 2.45) is 0 Å². The Kier molecular flexibility index (Phi) is 10.2. The maximum atomic E-state index is 12.7. The summed E-state index contributed by atoms with van der Waals surface area (Å²) < 4.78 is 21.0. The smallest absolute Gasteiger partial charge is 0.341 e. The predicted octanol–water partition coefficient (Wildman–Crippen LogP) is 4.40. The molecule has 0 saturated carbocycles. The highest BCUT2D eigenvalue weighted by Gasteiger charge is 2.28. The lowest BCUT2D eigenvalue weighted by molar-refractivity contribution is -0.111. The van der Waals surface area contributed by atoms with Crippen molar-refractivity contribution in [1.29, 1.82) is 0 Å². The van der Waals surface area contributed by atoms with Gasteiger partial charge in [0.1, 0.15) is 5.00 Å². The lowest BCUT2D eigenvalue weighted by Crippen LogP contribution is -2.30. The molecule has 0 atom stereocenters. The van der Waals surface area contributed by atoms with Crippen molar-refractivity contribution in [1.82, 2.24) is 4.90 Å². The van der Waals surface area contributed by atoms with Crippen molar-refractivity contribution < 1.29 is 28.5 Å². The van der Waals surface area contributed by atoms with Crippen LogP contribution in [0.2, 0.25) is 0 Å². The van der Waals surface area contributed by atoms with Crippen LogP contribution in [0.15, 0.2) is 18.2 Å². The fourth-order valence-electron chi connectivity index (χ4n) is 3.89. The highest BCUT2D eigenvalue weighted by molar-refractivity contribution is 7.17. The molecule has 2 heterocycles. The second-order valence-corrected chi connectivity index (χ2v) is 8.61. The van der Waals surface area contributed by atoms with Gasteiger partial charge in [-0.1, -0.05) is 6.92 Å². The summed E-state index contributed by atoms with van der Waals surface area (Å²) in [5, 5.41) is 3.38. The van der Waals surface area contributed by atoms with Gasteiger partial charge in [-0.3, -0.25) is 9.69 Å². The van der Waals surface area contributed by atoms with E-state index in [0.717, 1.165) is 42.9 Å². The normalized spacial score (nSPS) is 13.1. The van der Waals surface area contributed by atoms with E-state index in [1.807, 2.05) is 0 Å². The number of ether oxygens (including phenoxy) is 4. The number of carbonyl (C=O) groups excluding carboxylic acids is 2. The molecule has 34 heavy (non-hydrogen) atoms. The molecule has 0 aliphatic carbocycles. The monoisotopic (exact) mass is 510 g/mol. The molecule has 0 radical (unpaired) electrons. The molecule has 2 aromatic rings. The van der Waals surface area contributed by atoms with Gasteiger partial charge in [0.2, 0.25) is 11.7 Å². The number of nitrogens with one attached hydrogen (secondary N) is 1. The average Bonchev–Trinajstić information content (AvgIpc) is 3.18. The number of fused-ring (bicyclic) bond motifs is 1. The molecule has 1 aromatic heterocycles. The number of methoxy groups -OCH3 is 4. The molecule has 0 bridgehead atoms. The van der Waals surface area contributed by atoms with Crippen molar-refractivity contribution in [2.45, 2.75) is 26.3 Å². The van der Waals surface area contributed by atoms with Gasteiger partial charge >= 0.3 is 5.97 Å².